The first-order valence-electron chi connectivity index (χ1n) is 5.98. The van der Waals surface area contributed by atoms with Gasteiger partial charge in [-0.3, -0.25) is 0 Å². The second-order valence-electron chi connectivity index (χ2n) is 4.56. The van der Waals surface area contributed by atoms with Crippen LogP contribution in [-0.4, -0.2) is 29.4 Å². The van der Waals surface area contributed by atoms with E-state index in [4.69, 9.17) is 0 Å². The molecule has 2 unspecified atom stereocenters. The molecule has 0 aromatic heterocycles. The summed E-state index contributed by atoms with van der Waals surface area (Å²) < 4.78 is 0.983. The molecule has 1 fully saturated rings. The van der Waals surface area contributed by atoms with Gasteiger partial charge in [0.2, 0.25) is 0 Å². The first-order valence-corrected chi connectivity index (χ1v) is 6.77. The molecule has 0 spiro atoms. The molecule has 2 atom stereocenters. The van der Waals surface area contributed by atoms with Crippen molar-refractivity contribution in [2.75, 3.05) is 18.1 Å². The molecule has 1 saturated heterocycles. The number of aliphatic hydroxyl groups excluding tert-OH is 2. The first kappa shape index (κ1) is 12.9. The van der Waals surface area contributed by atoms with Crippen LogP contribution in [-0.2, 0) is 0 Å². The van der Waals surface area contributed by atoms with E-state index in [-0.39, 0.29) is 12.6 Å². The van der Waals surface area contributed by atoms with Crippen LogP contribution in [0, 0.1) is 0 Å². The molecule has 3 nitrogen and oxygen atoms in total. The lowest BCUT2D eigenvalue weighted by Crippen LogP contribution is -2.32. The standard InChI is InChI=1S/C13H18BrNO2/c1-9(17)10-4-5-13(12(14)7-10)15-6-2-3-11(15)8-16/h4-5,7,9,11,16-17H,2-3,6,8H2,1H3. The molecule has 0 saturated carbocycles. The maximum Gasteiger partial charge on any atom is 0.0762 e. The van der Waals surface area contributed by atoms with E-state index in [0.29, 0.717) is 0 Å². The Kier molecular flexibility index (Phi) is 4.07. The molecule has 0 radical (unpaired) electrons. The van der Waals surface area contributed by atoms with Crippen molar-refractivity contribution < 1.29 is 10.2 Å². The van der Waals surface area contributed by atoms with Crippen LogP contribution >= 0.6 is 15.9 Å². The molecule has 94 valence electrons. The second-order valence-corrected chi connectivity index (χ2v) is 5.41. The lowest BCUT2D eigenvalue weighted by Gasteiger charge is -2.26. The van der Waals surface area contributed by atoms with Crippen molar-refractivity contribution in [1.29, 1.82) is 0 Å². The highest BCUT2D eigenvalue weighted by Crippen LogP contribution is 2.33. The number of benzene rings is 1. The predicted molar refractivity (Wildman–Crippen MR) is 72.2 cm³/mol. The van der Waals surface area contributed by atoms with Crippen molar-refractivity contribution in [3.05, 3.63) is 28.2 Å². The van der Waals surface area contributed by atoms with Gasteiger partial charge in [-0.25, -0.2) is 0 Å². The Morgan fingerprint density at radius 2 is 2.29 bits per heavy atom. The quantitative estimate of drug-likeness (QED) is 0.901. The summed E-state index contributed by atoms with van der Waals surface area (Å²) in [5, 5.41) is 18.9. The average molecular weight is 300 g/mol. The zero-order valence-electron chi connectivity index (χ0n) is 9.93. The number of aliphatic hydroxyl groups is 2. The van der Waals surface area contributed by atoms with Gasteiger partial charge >= 0.3 is 0 Å². The highest BCUT2D eigenvalue weighted by molar-refractivity contribution is 9.10. The third kappa shape index (κ3) is 2.64. The zero-order valence-corrected chi connectivity index (χ0v) is 11.5. The Hall–Kier alpha value is -0.580. The van der Waals surface area contributed by atoms with Crippen molar-refractivity contribution in [2.24, 2.45) is 0 Å². The zero-order chi connectivity index (χ0) is 12.4. The molecule has 1 aromatic rings. The Labute approximate surface area is 110 Å². The van der Waals surface area contributed by atoms with Crippen LogP contribution in [0.25, 0.3) is 0 Å². The monoisotopic (exact) mass is 299 g/mol. The van der Waals surface area contributed by atoms with E-state index in [1.165, 1.54) is 0 Å². The smallest absolute Gasteiger partial charge is 0.0762 e. The predicted octanol–water partition coefficient (Wildman–Crippen LogP) is 2.46. The van der Waals surface area contributed by atoms with Gasteiger partial charge in [-0.1, -0.05) is 6.07 Å². The fourth-order valence-electron chi connectivity index (χ4n) is 2.36. The van der Waals surface area contributed by atoms with E-state index < -0.39 is 6.10 Å². The van der Waals surface area contributed by atoms with Gasteiger partial charge in [0.25, 0.3) is 0 Å². The van der Waals surface area contributed by atoms with Crippen LogP contribution in [0.15, 0.2) is 22.7 Å². The number of hydrogen-bond acceptors (Lipinski definition) is 3. The van der Waals surface area contributed by atoms with Gasteiger partial charge in [-0.05, 0) is 53.4 Å². The van der Waals surface area contributed by atoms with Crippen LogP contribution in [0.2, 0.25) is 0 Å². The minimum absolute atomic E-state index is 0.199. The van der Waals surface area contributed by atoms with Crippen molar-refractivity contribution >= 4 is 21.6 Å². The molecule has 0 bridgehead atoms. The number of anilines is 1. The Bertz CT molecular complexity index is 395. The largest absolute Gasteiger partial charge is 0.394 e. The number of hydrogen-bond donors (Lipinski definition) is 2. The van der Waals surface area contributed by atoms with Crippen LogP contribution in [0.4, 0.5) is 5.69 Å². The molecule has 2 N–H and O–H groups in total. The summed E-state index contributed by atoms with van der Waals surface area (Å²) in [6, 6.07) is 6.13. The lowest BCUT2D eigenvalue weighted by atomic mass is 10.1. The Morgan fingerprint density at radius 1 is 1.53 bits per heavy atom. The molecule has 1 aromatic carbocycles. The van der Waals surface area contributed by atoms with Gasteiger partial charge in [-0.2, -0.15) is 0 Å². The maximum absolute atomic E-state index is 9.53. The Morgan fingerprint density at radius 3 is 2.88 bits per heavy atom. The van der Waals surface area contributed by atoms with E-state index in [0.717, 1.165) is 35.1 Å². The summed E-state index contributed by atoms with van der Waals surface area (Å²) in [5.41, 5.74) is 2.01. The minimum atomic E-state index is -0.451. The maximum atomic E-state index is 9.53. The summed E-state index contributed by atoms with van der Waals surface area (Å²) in [4.78, 5) is 2.23. The minimum Gasteiger partial charge on any atom is -0.394 e. The summed E-state index contributed by atoms with van der Waals surface area (Å²) >= 11 is 3.55. The fourth-order valence-corrected chi connectivity index (χ4v) is 2.98. The molecular formula is C13H18BrNO2. The van der Waals surface area contributed by atoms with E-state index in [9.17, 15) is 10.2 Å². The molecular weight excluding hydrogens is 282 g/mol. The molecule has 1 aliphatic rings. The highest BCUT2D eigenvalue weighted by Gasteiger charge is 2.25. The summed E-state index contributed by atoms with van der Waals surface area (Å²) in [6.45, 7) is 2.94. The van der Waals surface area contributed by atoms with Gasteiger partial charge in [-0.15, -0.1) is 0 Å². The first-order chi connectivity index (χ1) is 8.13. The summed E-state index contributed by atoms with van der Waals surface area (Å²) in [7, 11) is 0. The average Bonchev–Trinajstić information content (AvgIpc) is 2.76. The van der Waals surface area contributed by atoms with Gasteiger partial charge in [0, 0.05) is 11.0 Å². The van der Waals surface area contributed by atoms with Crippen molar-refractivity contribution in [1.82, 2.24) is 0 Å². The normalized spacial score (nSPS) is 21.9. The van der Waals surface area contributed by atoms with Gasteiger partial charge in [0.05, 0.1) is 24.4 Å². The van der Waals surface area contributed by atoms with Crippen molar-refractivity contribution in [3.63, 3.8) is 0 Å². The van der Waals surface area contributed by atoms with Crippen LogP contribution in [0.3, 0.4) is 0 Å². The van der Waals surface area contributed by atoms with Gasteiger partial charge in [0.1, 0.15) is 0 Å². The topological polar surface area (TPSA) is 43.7 Å². The van der Waals surface area contributed by atoms with E-state index >= 15 is 0 Å². The van der Waals surface area contributed by atoms with Gasteiger partial charge in [0.15, 0.2) is 0 Å². The fraction of sp³-hybridized carbons (Fsp3) is 0.538. The third-order valence-corrected chi connectivity index (χ3v) is 3.99. The van der Waals surface area contributed by atoms with Crippen molar-refractivity contribution in [2.45, 2.75) is 31.9 Å². The molecule has 17 heavy (non-hydrogen) atoms. The van der Waals surface area contributed by atoms with Crippen LogP contribution in [0.5, 0.6) is 0 Å². The van der Waals surface area contributed by atoms with Crippen molar-refractivity contribution in [3.8, 4) is 0 Å². The SMILES string of the molecule is CC(O)c1ccc(N2CCCC2CO)c(Br)c1. The summed E-state index contributed by atoms with van der Waals surface area (Å²) in [6.07, 6.45) is 1.71. The van der Waals surface area contributed by atoms with Crippen LogP contribution in [0.1, 0.15) is 31.4 Å². The Balaban J connectivity index is 2.27. The molecule has 0 aliphatic carbocycles. The third-order valence-electron chi connectivity index (χ3n) is 3.35. The highest BCUT2D eigenvalue weighted by atomic mass is 79.9. The van der Waals surface area contributed by atoms with E-state index in [1.807, 2.05) is 18.2 Å². The van der Waals surface area contributed by atoms with E-state index in [2.05, 4.69) is 20.8 Å². The molecule has 1 aliphatic heterocycles. The molecule has 1 heterocycles. The number of halogens is 1. The molecule has 0 amide bonds. The molecule has 2 rings (SSSR count). The molecule has 4 heteroatoms. The number of rotatable bonds is 3. The lowest BCUT2D eigenvalue weighted by molar-refractivity contribution is 0.199. The van der Waals surface area contributed by atoms with E-state index in [1.54, 1.807) is 6.92 Å². The second kappa shape index (κ2) is 5.38. The van der Waals surface area contributed by atoms with Crippen LogP contribution < -0.4 is 4.90 Å². The summed E-state index contributed by atoms with van der Waals surface area (Å²) in [5.74, 6) is 0. The number of nitrogens with zero attached hydrogens (tertiary/aromatic N) is 1. The van der Waals surface area contributed by atoms with Gasteiger partial charge < -0.3 is 15.1 Å².